The quantitative estimate of drug-likeness (QED) is 0.295. The molecule has 1 saturated carbocycles. The number of nitrogens with one attached hydrogen (secondary N) is 1. The average molecular weight is 771 g/mol. The molecule has 7 atom stereocenters. The highest BCUT2D eigenvalue weighted by molar-refractivity contribution is 7.92. The summed E-state index contributed by atoms with van der Waals surface area (Å²) in [6.45, 7) is 6.78. The van der Waals surface area contributed by atoms with Crippen molar-refractivity contribution in [1.29, 1.82) is 0 Å². The van der Waals surface area contributed by atoms with Gasteiger partial charge in [-0.1, -0.05) is 42.8 Å². The molecule has 8 rings (SSSR count). The number of rotatable bonds is 5. The molecule has 5 aliphatic rings. The van der Waals surface area contributed by atoms with E-state index in [1.807, 2.05) is 23.6 Å². The standard InChI is InChI=1S/C43H54N4O7S/c1-27-11-15-35-29(18-27)9-7-17-43(35)25-47-21-31-12-14-33(31)38(52-4)10-6-8-28(2)24-55(50,44-41(48)30-13-16-39(54-26-43)36(47)19-30)45-42(49)34-23-46-22-32(51-3)20-37(46)40(34)53-5/h6,10-11,13,15-16,18-19,23,28,31-33,38H,7-9,12,14,17,20-22,24-26H2,1-5H3,(H,44,45,48,49,50)/b10-6+/t28-,31-,32-,33+,38-,43-,55?/m0/s1. The monoisotopic (exact) mass is 770 g/mol. The number of fused-ring (bicyclic) bond motifs is 5. The van der Waals surface area contributed by atoms with Gasteiger partial charge in [0.2, 0.25) is 0 Å². The normalized spacial score (nSPS) is 30.8. The maximum atomic E-state index is 14.8. The van der Waals surface area contributed by atoms with Crippen LogP contribution in [0.3, 0.4) is 0 Å². The summed E-state index contributed by atoms with van der Waals surface area (Å²) < 4.78 is 47.9. The van der Waals surface area contributed by atoms with Gasteiger partial charge in [-0.05, 0) is 92.5 Å². The van der Waals surface area contributed by atoms with Crippen molar-refractivity contribution < 1.29 is 32.7 Å². The van der Waals surface area contributed by atoms with Crippen LogP contribution in [0.5, 0.6) is 11.5 Å². The van der Waals surface area contributed by atoms with Gasteiger partial charge < -0.3 is 28.4 Å². The number of aromatic nitrogens is 1. The Labute approximate surface area is 325 Å². The summed E-state index contributed by atoms with van der Waals surface area (Å²) in [6, 6.07) is 12.2. The first-order valence-electron chi connectivity index (χ1n) is 19.7. The SMILES string of the molecule is COc1c(C(=O)NS2(=O)=NC(=O)c3ccc4c(c3)N(C[C@@H]3CC[C@H]3[C@@H](OC)/C=C/C[C@H](C)C2)C[C@@]2(CCCc3cc(C)ccc32)CO4)cn2c1C[C@H](OC)C2. The molecule has 1 aromatic heterocycles. The zero-order valence-corrected chi connectivity index (χ0v) is 33.5. The first kappa shape index (κ1) is 37.8. The van der Waals surface area contributed by atoms with Gasteiger partial charge in [0.1, 0.15) is 21.2 Å². The maximum absolute atomic E-state index is 14.8. The molecule has 1 N–H and O–H groups in total. The van der Waals surface area contributed by atoms with E-state index in [1.54, 1.807) is 26.5 Å². The number of benzene rings is 2. The van der Waals surface area contributed by atoms with Crippen molar-refractivity contribution in [3.63, 3.8) is 0 Å². The zero-order valence-electron chi connectivity index (χ0n) is 32.7. The number of carbonyl (C=O) groups is 2. The van der Waals surface area contributed by atoms with Gasteiger partial charge in [0, 0.05) is 57.4 Å². The highest BCUT2D eigenvalue weighted by Gasteiger charge is 2.44. The van der Waals surface area contributed by atoms with Crippen LogP contribution < -0.4 is 19.1 Å². The van der Waals surface area contributed by atoms with Crippen LogP contribution in [0.25, 0.3) is 0 Å². The molecule has 3 aromatic rings. The van der Waals surface area contributed by atoms with E-state index in [-0.39, 0.29) is 34.9 Å². The summed E-state index contributed by atoms with van der Waals surface area (Å²) in [7, 11) is 1.36. The lowest BCUT2D eigenvalue weighted by Crippen LogP contribution is -2.49. The predicted molar refractivity (Wildman–Crippen MR) is 213 cm³/mol. The first-order valence-corrected chi connectivity index (χ1v) is 21.4. The van der Waals surface area contributed by atoms with Gasteiger partial charge in [0.15, 0.2) is 5.75 Å². The van der Waals surface area contributed by atoms with Crippen molar-refractivity contribution >= 4 is 27.4 Å². The van der Waals surface area contributed by atoms with Crippen molar-refractivity contribution in [3.05, 3.63) is 88.3 Å². The predicted octanol–water partition coefficient (Wildman–Crippen LogP) is 6.44. The van der Waals surface area contributed by atoms with Gasteiger partial charge in [0.05, 0.1) is 43.1 Å². The summed E-state index contributed by atoms with van der Waals surface area (Å²) >= 11 is 0. The topological polar surface area (TPSA) is 121 Å². The number of carbonyl (C=O) groups excluding carboxylic acids is 2. The van der Waals surface area contributed by atoms with E-state index in [4.69, 9.17) is 18.9 Å². The number of aryl methyl sites for hydroxylation is 2. The summed E-state index contributed by atoms with van der Waals surface area (Å²) in [6.07, 6.45) is 12.3. The molecule has 2 bridgehead atoms. The van der Waals surface area contributed by atoms with Crippen LogP contribution in [-0.4, -0.2) is 79.6 Å². The molecule has 2 aromatic carbocycles. The minimum absolute atomic E-state index is 0.0122. The van der Waals surface area contributed by atoms with Crippen molar-refractivity contribution in [2.45, 2.75) is 83.0 Å². The minimum Gasteiger partial charge on any atom is -0.494 e. The molecular formula is C43H54N4O7S. The Morgan fingerprint density at radius 1 is 1.09 bits per heavy atom. The molecule has 1 unspecified atom stereocenters. The molecule has 11 nitrogen and oxygen atoms in total. The second-order valence-electron chi connectivity index (χ2n) is 16.5. The molecule has 0 saturated heterocycles. The number of hydrogen-bond acceptors (Lipinski definition) is 8. The summed E-state index contributed by atoms with van der Waals surface area (Å²) in [4.78, 5) is 30.6. The maximum Gasteiger partial charge on any atom is 0.286 e. The number of allylic oxidation sites excluding steroid dienone is 1. The molecule has 2 amide bonds. The lowest BCUT2D eigenvalue weighted by atomic mass is 9.68. The molecular weight excluding hydrogens is 717 g/mol. The van der Waals surface area contributed by atoms with Crippen molar-refractivity contribution in [1.82, 2.24) is 9.29 Å². The van der Waals surface area contributed by atoms with Crippen LogP contribution in [0.4, 0.5) is 5.69 Å². The third-order valence-electron chi connectivity index (χ3n) is 12.7. The summed E-state index contributed by atoms with van der Waals surface area (Å²) in [5.41, 5.74) is 6.03. The molecule has 3 aliphatic heterocycles. The Bertz CT molecular complexity index is 2140. The molecule has 12 heteroatoms. The highest BCUT2D eigenvalue weighted by Crippen LogP contribution is 2.47. The summed E-state index contributed by atoms with van der Waals surface area (Å²) in [5.74, 6) is 0.454. The van der Waals surface area contributed by atoms with Gasteiger partial charge in [-0.25, -0.2) is 4.21 Å². The van der Waals surface area contributed by atoms with Crippen molar-refractivity contribution in [2.24, 2.45) is 22.1 Å². The van der Waals surface area contributed by atoms with E-state index in [0.717, 1.165) is 62.3 Å². The van der Waals surface area contributed by atoms with Crippen LogP contribution in [0.15, 0.2) is 59.1 Å². The lowest BCUT2D eigenvalue weighted by molar-refractivity contribution is 0.0131. The summed E-state index contributed by atoms with van der Waals surface area (Å²) in [5, 5.41) is 0. The smallest absolute Gasteiger partial charge is 0.286 e. The molecule has 0 radical (unpaired) electrons. The molecule has 1 fully saturated rings. The van der Waals surface area contributed by atoms with E-state index < -0.39 is 21.7 Å². The Morgan fingerprint density at radius 3 is 2.71 bits per heavy atom. The van der Waals surface area contributed by atoms with E-state index in [2.05, 4.69) is 51.3 Å². The number of ether oxygens (including phenoxy) is 4. The Morgan fingerprint density at radius 2 is 1.95 bits per heavy atom. The number of amides is 2. The van der Waals surface area contributed by atoms with Gasteiger partial charge in [-0.2, -0.15) is 0 Å². The second kappa shape index (κ2) is 15.1. The molecule has 294 valence electrons. The minimum atomic E-state index is -3.60. The number of methoxy groups -OCH3 is 3. The highest BCUT2D eigenvalue weighted by atomic mass is 32.2. The van der Waals surface area contributed by atoms with Gasteiger partial charge in [0.25, 0.3) is 11.8 Å². The Balaban J connectivity index is 1.18. The van der Waals surface area contributed by atoms with Crippen LogP contribution >= 0.6 is 0 Å². The molecule has 55 heavy (non-hydrogen) atoms. The van der Waals surface area contributed by atoms with Crippen molar-refractivity contribution in [2.75, 3.05) is 51.7 Å². The van der Waals surface area contributed by atoms with Gasteiger partial charge in [-0.3, -0.25) is 14.3 Å². The first-order chi connectivity index (χ1) is 26.5. The Hall–Kier alpha value is -4.13. The fourth-order valence-electron chi connectivity index (χ4n) is 9.73. The van der Waals surface area contributed by atoms with Gasteiger partial charge in [-0.15, -0.1) is 4.36 Å². The fourth-order valence-corrected chi connectivity index (χ4v) is 11.6. The van der Waals surface area contributed by atoms with E-state index in [1.165, 1.54) is 23.8 Å². The zero-order chi connectivity index (χ0) is 38.5. The van der Waals surface area contributed by atoms with E-state index >= 15 is 0 Å². The van der Waals surface area contributed by atoms with Gasteiger partial charge >= 0.3 is 0 Å². The number of hydrogen-bond donors (Lipinski definition) is 1. The van der Waals surface area contributed by atoms with Crippen LogP contribution in [-0.2, 0) is 44.2 Å². The third kappa shape index (κ3) is 7.21. The number of nitrogens with zero attached hydrogens (tertiary/aromatic N) is 3. The molecule has 1 spiro atoms. The average Bonchev–Trinajstić information content (AvgIpc) is 3.67. The fraction of sp³-hybridized carbons (Fsp3) is 0.535. The largest absolute Gasteiger partial charge is 0.494 e. The van der Waals surface area contributed by atoms with E-state index in [9.17, 15) is 13.8 Å². The molecule has 4 heterocycles. The van der Waals surface area contributed by atoms with Crippen LogP contribution in [0, 0.1) is 24.7 Å². The third-order valence-corrected chi connectivity index (χ3v) is 14.7. The van der Waals surface area contributed by atoms with E-state index in [0.29, 0.717) is 49.1 Å². The lowest BCUT2D eigenvalue weighted by Gasteiger charge is -2.46. The van der Waals surface area contributed by atoms with Crippen LogP contribution in [0.2, 0.25) is 0 Å². The number of anilines is 1. The molecule has 2 aliphatic carbocycles. The second-order valence-corrected chi connectivity index (χ2v) is 18.5. The van der Waals surface area contributed by atoms with Crippen LogP contribution in [0.1, 0.15) is 82.1 Å². The van der Waals surface area contributed by atoms with Crippen molar-refractivity contribution in [3.8, 4) is 11.5 Å². The Kier molecular flexibility index (Phi) is 10.4.